The predicted octanol–water partition coefficient (Wildman–Crippen LogP) is 3.83. The van der Waals surface area contributed by atoms with Gasteiger partial charge in [0.05, 0.1) is 29.6 Å². The maximum atomic E-state index is 14.2. The van der Waals surface area contributed by atoms with Crippen LogP contribution in [0.15, 0.2) is 18.3 Å². The Labute approximate surface area is 191 Å². The van der Waals surface area contributed by atoms with Crippen molar-refractivity contribution in [3.05, 3.63) is 34.7 Å². The van der Waals surface area contributed by atoms with E-state index in [1.807, 2.05) is 19.9 Å². The zero-order chi connectivity index (χ0) is 23.5. The SMILES string of the molecule is CC1(C)COc2c(F)cc(-c3nc(N)ncc3Cl)cc21.CNC(=O)OC1CCCC(O)C1. The first-order valence-electron chi connectivity index (χ1n) is 10.4. The van der Waals surface area contributed by atoms with E-state index in [4.69, 9.17) is 26.8 Å². The number of rotatable bonds is 2. The molecule has 1 aliphatic heterocycles. The molecule has 1 aromatic carbocycles. The van der Waals surface area contributed by atoms with Gasteiger partial charge in [-0.2, -0.15) is 0 Å². The van der Waals surface area contributed by atoms with E-state index in [1.54, 1.807) is 0 Å². The van der Waals surface area contributed by atoms with E-state index in [0.717, 1.165) is 24.8 Å². The Hall–Kier alpha value is -2.65. The van der Waals surface area contributed by atoms with Crippen LogP contribution in [0.5, 0.6) is 5.75 Å². The highest BCUT2D eigenvalue weighted by Crippen LogP contribution is 2.43. The molecule has 1 amide bonds. The summed E-state index contributed by atoms with van der Waals surface area (Å²) < 4.78 is 24.6. The third-order valence-electron chi connectivity index (χ3n) is 5.46. The van der Waals surface area contributed by atoms with Crippen LogP contribution < -0.4 is 15.8 Å². The van der Waals surface area contributed by atoms with Crippen LogP contribution in [0.2, 0.25) is 5.02 Å². The van der Waals surface area contributed by atoms with Crippen molar-refractivity contribution in [3.63, 3.8) is 0 Å². The second-order valence-corrected chi connectivity index (χ2v) is 8.94. The number of anilines is 1. The highest BCUT2D eigenvalue weighted by Gasteiger charge is 2.34. The summed E-state index contributed by atoms with van der Waals surface area (Å²) in [4.78, 5) is 18.7. The number of hydrogen-bond donors (Lipinski definition) is 3. The van der Waals surface area contributed by atoms with Crippen LogP contribution in [0.25, 0.3) is 11.3 Å². The lowest BCUT2D eigenvalue weighted by atomic mass is 9.85. The first-order valence-corrected chi connectivity index (χ1v) is 10.8. The van der Waals surface area contributed by atoms with Crippen molar-refractivity contribution in [2.24, 2.45) is 0 Å². The zero-order valence-corrected chi connectivity index (χ0v) is 19.1. The molecule has 4 N–H and O–H groups in total. The number of nitrogens with two attached hydrogens (primary N) is 1. The molecule has 2 heterocycles. The van der Waals surface area contributed by atoms with Crippen molar-refractivity contribution < 1.29 is 23.8 Å². The number of ether oxygens (including phenoxy) is 2. The van der Waals surface area contributed by atoms with E-state index in [0.29, 0.717) is 35.1 Å². The first kappa shape index (κ1) is 24.0. The third-order valence-corrected chi connectivity index (χ3v) is 5.74. The van der Waals surface area contributed by atoms with Crippen molar-refractivity contribution in [1.29, 1.82) is 0 Å². The average Bonchev–Trinajstić information content (AvgIpc) is 3.05. The molecular formula is C22H28ClFN4O4. The number of alkyl carbamates (subject to hydrolysis) is 1. The van der Waals surface area contributed by atoms with Crippen molar-refractivity contribution in [3.8, 4) is 17.0 Å². The van der Waals surface area contributed by atoms with E-state index >= 15 is 0 Å². The number of amides is 1. The third kappa shape index (κ3) is 5.58. The van der Waals surface area contributed by atoms with Gasteiger partial charge in [-0.05, 0) is 31.4 Å². The highest BCUT2D eigenvalue weighted by atomic mass is 35.5. The Morgan fingerprint density at radius 3 is 2.84 bits per heavy atom. The number of aliphatic hydroxyl groups excluding tert-OH is 1. The van der Waals surface area contributed by atoms with E-state index in [2.05, 4.69) is 15.3 Å². The minimum Gasteiger partial charge on any atom is -0.489 e. The van der Waals surface area contributed by atoms with Gasteiger partial charge in [-0.3, -0.25) is 0 Å². The monoisotopic (exact) mass is 466 g/mol. The summed E-state index contributed by atoms with van der Waals surface area (Å²) in [5.74, 6) is -0.0194. The first-order chi connectivity index (χ1) is 15.1. The number of halogens is 2. The summed E-state index contributed by atoms with van der Waals surface area (Å²) in [5, 5.41) is 12.0. The van der Waals surface area contributed by atoms with E-state index < -0.39 is 11.9 Å². The van der Waals surface area contributed by atoms with Gasteiger partial charge in [0.25, 0.3) is 0 Å². The number of carbonyl (C=O) groups excluding carboxylic acids is 1. The molecule has 1 fully saturated rings. The van der Waals surface area contributed by atoms with Crippen molar-refractivity contribution >= 4 is 23.6 Å². The Bertz CT molecular complexity index is 989. The molecule has 0 saturated heterocycles. The molecule has 2 aliphatic rings. The Kier molecular flexibility index (Phi) is 7.40. The molecule has 1 aromatic heterocycles. The number of fused-ring (bicyclic) bond motifs is 1. The standard InChI is InChI=1S/C14H13ClFN3O.C8H15NO3/c1-14(2)6-20-12-8(14)3-7(4-10(12)16)11-9(15)5-18-13(17)19-11;1-9-8(11)12-7-4-2-3-6(10)5-7/h3-5H,6H2,1-2H3,(H2,17,18,19);6-7,10H,2-5H2,1H3,(H,9,11). The quantitative estimate of drug-likeness (QED) is 0.615. The second-order valence-electron chi connectivity index (χ2n) is 8.53. The second kappa shape index (κ2) is 9.87. The summed E-state index contributed by atoms with van der Waals surface area (Å²) in [6.07, 6.45) is 3.80. The molecule has 0 spiro atoms. The fraction of sp³-hybridized carbons (Fsp3) is 0.500. The highest BCUT2D eigenvalue weighted by molar-refractivity contribution is 6.32. The molecule has 1 aliphatic carbocycles. The number of hydrogen-bond acceptors (Lipinski definition) is 7. The molecule has 174 valence electrons. The van der Waals surface area contributed by atoms with Gasteiger partial charge in [0, 0.05) is 30.0 Å². The lowest BCUT2D eigenvalue weighted by Crippen LogP contribution is -2.31. The number of carbonyl (C=O) groups is 1. The van der Waals surface area contributed by atoms with Crippen LogP contribution in [-0.2, 0) is 10.2 Å². The predicted molar refractivity (Wildman–Crippen MR) is 119 cm³/mol. The van der Waals surface area contributed by atoms with Crippen LogP contribution in [-0.4, -0.2) is 47.0 Å². The average molecular weight is 467 g/mol. The molecule has 2 unspecified atom stereocenters. The zero-order valence-electron chi connectivity index (χ0n) is 18.3. The van der Waals surface area contributed by atoms with Crippen molar-refractivity contribution in [1.82, 2.24) is 15.3 Å². The van der Waals surface area contributed by atoms with Crippen LogP contribution in [0.1, 0.15) is 45.1 Å². The minimum atomic E-state index is -0.420. The molecular weight excluding hydrogens is 439 g/mol. The summed E-state index contributed by atoms with van der Waals surface area (Å²) in [6.45, 7) is 4.44. The van der Waals surface area contributed by atoms with Crippen LogP contribution in [0.4, 0.5) is 15.1 Å². The number of nitrogens with one attached hydrogen (secondary N) is 1. The molecule has 1 saturated carbocycles. The van der Waals surface area contributed by atoms with E-state index in [1.165, 1.54) is 19.3 Å². The van der Waals surface area contributed by atoms with Gasteiger partial charge in [-0.1, -0.05) is 25.4 Å². The molecule has 2 aromatic rings. The minimum absolute atomic E-state index is 0.0980. The number of benzene rings is 1. The summed E-state index contributed by atoms with van der Waals surface area (Å²) in [7, 11) is 1.53. The Balaban J connectivity index is 0.000000207. The largest absolute Gasteiger partial charge is 0.489 e. The lowest BCUT2D eigenvalue weighted by molar-refractivity contribution is 0.0237. The maximum absolute atomic E-state index is 14.2. The summed E-state index contributed by atoms with van der Waals surface area (Å²) in [5.41, 5.74) is 7.11. The fourth-order valence-corrected chi connectivity index (χ4v) is 3.93. The van der Waals surface area contributed by atoms with Gasteiger partial charge in [-0.25, -0.2) is 19.2 Å². The summed E-state index contributed by atoms with van der Waals surface area (Å²) in [6, 6.07) is 3.20. The van der Waals surface area contributed by atoms with Crippen molar-refractivity contribution in [2.45, 2.75) is 57.2 Å². The van der Waals surface area contributed by atoms with Crippen LogP contribution in [0.3, 0.4) is 0 Å². The molecule has 0 bridgehead atoms. The topological polar surface area (TPSA) is 120 Å². The van der Waals surface area contributed by atoms with Crippen LogP contribution in [0, 0.1) is 5.82 Å². The van der Waals surface area contributed by atoms with Gasteiger partial charge in [0.2, 0.25) is 5.95 Å². The van der Waals surface area contributed by atoms with E-state index in [-0.39, 0.29) is 23.6 Å². The van der Waals surface area contributed by atoms with Gasteiger partial charge >= 0.3 is 6.09 Å². The number of aliphatic hydroxyl groups is 1. The summed E-state index contributed by atoms with van der Waals surface area (Å²) >= 11 is 6.07. The Morgan fingerprint density at radius 2 is 2.16 bits per heavy atom. The molecule has 0 radical (unpaired) electrons. The van der Waals surface area contributed by atoms with Gasteiger partial charge in [0.15, 0.2) is 11.6 Å². The van der Waals surface area contributed by atoms with Crippen LogP contribution >= 0.6 is 11.6 Å². The van der Waals surface area contributed by atoms with E-state index in [9.17, 15) is 14.3 Å². The fourth-order valence-electron chi connectivity index (χ4n) is 3.73. The number of nitrogen functional groups attached to an aromatic ring is 1. The molecule has 8 nitrogen and oxygen atoms in total. The number of aromatic nitrogens is 2. The van der Waals surface area contributed by atoms with Gasteiger partial charge < -0.3 is 25.6 Å². The molecule has 10 heteroatoms. The smallest absolute Gasteiger partial charge is 0.407 e. The molecule has 4 rings (SSSR count). The maximum Gasteiger partial charge on any atom is 0.407 e. The van der Waals surface area contributed by atoms with Gasteiger partial charge in [-0.15, -0.1) is 0 Å². The molecule has 2 atom stereocenters. The Morgan fingerprint density at radius 1 is 1.41 bits per heavy atom. The normalized spacial score (nSPS) is 20.9. The number of nitrogens with zero attached hydrogens (tertiary/aromatic N) is 2. The van der Waals surface area contributed by atoms with Crippen molar-refractivity contribution in [2.75, 3.05) is 19.4 Å². The van der Waals surface area contributed by atoms with Gasteiger partial charge in [0.1, 0.15) is 6.10 Å². The lowest BCUT2D eigenvalue weighted by Gasteiger charge is -2.25. The molecule has 32 heavy (non-hydrogen) atoms.